The lowest BCUT2D eigenvalue weighted by Crippen LogP contribution is -2.30. The minimum absolute atomic E-state index is 0.0116. The van der Waals surface area contributed by atoms with Gasteiger partial charge in [0.25, 0.3) is 5.91 Å². The van der Waals surface area contributed by atoms with Gasteiger partial charge in [0.2, 0.25) is 0 Å². The summed E-state index contributed by atoms with van der Waals surface area (Å²) in [6.07, 6.45) is 0. The summed E-state index contributed by atoms with van der Waals surface area (Å²) >= 11 is 0. The molecule has 0 radical (unpaired) electrons. The predicted octanol–water partition coefficient (Wildman–Crippen LogP) is 3.47. The van der Waals surface area contributed by atoms with Crippen LogP contribution in [0.15, 0.2) is 63.8 Å². The first kappa shape index (κ1) is 15.8. The molecule has 122 valence electrons. The van der Waals surface area contributed by atoms with Gasteiger partial charge in [-0.15, -0.1) is 0 Å². The van der Waals surface area contributed by atoms with Crippen LogP contribution in [0.25, 0.3) is 11.0 Å². The van der Waals surface area contributed by atoms with E-state index in [1.807, 2.05) is 25.1 Å². The standard InChI is InChI=1S/C19H17NO4/c1-3-23-16-11-7-8-13-12-15(19(22)24-17(13)16)18(21)20(2)14-9-5-4-6-10-14/h4-12H,3H2,1-2H3. The van der Waals surface area contributed by atoms with Gasteiger partial charge in [-0.1, -0.05) is 30.3 Å². The smallest absolute Gasteiger partial charge is 0.349 e. The summed E-state index contributed by atoms with van der Waals surface area (Å²) < 4.78 is 10.8. The highest BCUT2D eigenvalue weighted by Gasteiger charge is 2.19. The summed E-state index contributed by atoms with van der Waals surface area (Å²) in [7, 11) is 1.62. The zero-order valence-corrected chi connectivity index (χ0v) is 13.5. The second kappa shape index (κ2) is 6.58. The normalized spacial score (nSPS) is 10.6. The quantitative estimate of drug-likeness (QED) is 0.690. The zero-order chi connectivity index (χ0) is 17.1. The molecule has 0 bridgehead atoms. The van der Waals surface area contributed by atoms with Crippen molar-refractivity contribution in [3.05, 3.63) is 70.6 Å². The van der Waals surface area contributed by atoms with Gasteiger partial charge >= 0.3 is 5.63 Å². The fourth-order valence-electron chi connectivity index (χ4n) is 2.49. The molecule has 0 spiro atoms. The minimum Gasteiger partial charge on any atom is -0.490 e. The van der Waals surface area contributed by atoms with Crippen LogP contribution in [0.3, 0.4) is 0 Å². The van der Waals surface area contributed by atoms with Crippen molar-refractivity contribution in [1.82, 2.24) is 0 Å². The van der Waals surface area contributed by atoms with Crippen LogP contribution in [-0.2, 0) is 0 Å². The van der Waals surface area contributed by atoms with Crippen LogP contribution in [0.1, 0.15) is 17.3 Å². The number of anilines is 1. The molecule has 0 aliphatic carbocycles. The second-order valence-corrected chi connectivity index (χ2v) is 5.25. The second-order valence-electron chi connectivity index (χ2n) is 5.25. The average molecular weight is 323 g/mol. The molecule has 0 unspecified atom stereocenters. The van der Waals surface area contributed by atoms with Gasteiger partial charge in [0.15, 0.2) is 11.3 Å². The van der Waals surface area contributed by atoms with Crippen molar-refractivity contribution in [2.75, 3.05) is 18.6 Å². The Morgan fingerprint density at radius 3 is 2.58 bits per heavy atom. The van der Waals surface area contributed by atoms with Crippen molar-refractivity contribution in [1.29, 1.82) is 0 Å². The first-order valence-corrected chi connectivity index (χ1v) is 7.64. The molecule has 1 amide bonds. The lowest BCUT2D eigenvalue weighted by Gasteiger charge is -2.16. The number of hydrogen-bond acceptors (Lipinski definition) is 4. The molecule has 2 aromatic carbocycles. The number of benzene rings is 2. The van der Waals surface area contributed by atoms with Crippen molar-refractivity contribution in [2.45, 2.75) is 6.92 Å². The SMILES string of the molecule is CCOc1cccc2cc(C(=O)N(C)c3ccccc3)c(=O)oc12. The Labute approximate surface area is 139 Å². The molecule has 0 N–H and O–H groups in total. The number of nitrogens with zero attached hydrogens (tertiary/aromatic N) is 1. The fourth-order valence-corrected chi connectivity index (χ4v) is 2.49. The van der Waals surface area contributed by atoms with Crippen molar-refractivity contribution in [3.63, 3.8) is 0 Å². The first-order chi connectivity index (χ1) is 11.6. The van der Waals surface area contributed by atoms with E-state index in [2.05, 4.69) is 0 Å². The highest BCUT2D eigenvalue weighted by Crippen LogP contribution is 2.25. The van der Waals surface area contributed by atoms with Crippen LogP contribution in [0, 0.1) is 0 Å². The van der Waals surface area contributed by atoms with E-state index in [9.17, 15) is 9.59 Å². The molecule has 5 nitrogen and oxygen atoms in total. The van der Waals surface area contributed by atoms with E-state index in [4.69, 9.17) is 9.15 Å². The third kappa shape index (κ3) is 2.88. The third-order valence-electron chi connectivity index (χ3n) is 3.70. The van der Waals surface area contributed by atoms with Crippen molar-refractivity contribution in [2.24, 2.45) is 0 Å². The summed E-state index contributed by atoms with van der Waals surface area (Å²) in [6.45, 7) is 2.31. The van der Waals surface area contributed by atoms with Gasteiger partial charge in [-0.05, 0) is 31.2 Å². The van der Waals surface area contributed by atoms with Gasteiger partial charge in [0.05, 0.1) is 6.61 Å². The molecule has 0 saturated carbocycles. The number of para-hydroxylation sites is 2. The number of ether oxygens (including phenoxy) is 1. The summed E-state index contributed by atoms with van der Waals surface area (Å²) in [5, 5.41) is 0.644. The molecule has 24 heavy (non-hydrogen) atoms. The lowest BCUT2D eigenvalue weighted by atomic mass is 10.1. The Bertz CT molecular complexity index is 931. The molecular weight excluding hydrogens is 306 g/mol. The van der Waals surface area contributed by atoms with Crippen molar-refractivity contribution in [3.8, 4) is 5.75 Å². The molecule has 5 heteroatoms. The molecule has 0 saturated heterocycles. The summed E-state index contributed by atoms with van der Waals surface area (Å²) in [4.78, 5) is 26.4. The molecule has 0 aliphatic heterocycles. The highest BCUT2D eigenvalue weighted by molar-refractivity contribution is 6.06. The maximum absolute atomic E-state index is 12.7. The van der Waals surface area contributed by atoms with E-state index in [1.165, 1.54) is 4.90 Å². The molecule has 3 rings (SSSR count). The number of rotatable bonds is 4. The van der Waals surface area contributed by atoms with Crippen LogP contribution >= 0.6 is 0 Å². The van der Waals surface area contributed by atoms with Gasteiger partial charge in [0.1, 0.15) is 5.56 Å². The van der Waals surface area contributed by atoms with Gasteiger partial charge in [-0.2, -0.15) is 0 Å². The maximum Gasteiger partial charge on any atom is 0.349 e. The Hall–Kier alpha value is -3.08. The monoisotopic (exact) mass is 323 g/mol. The Kier molecular flexibility index (Phi) is 4.33. The number of amides is 1. The van der Waals surface area contributed by atoms with Crippen LogP contribution in [-0.4, -0.2) is 19.6 Å². The number of fused-ring (bicyclic) bond motifs is 1. The van der Waals surface area contributed by atoms with Crippen LogP contribution in [0.4, 0.5) is 5.69 Å². The highest BCUT2D eigenvalue weighted by atomic mass is 16.5. The third-order valence-corrected chi connectivity index (χ3v) is 3.70. The van der Waals surface area contributed by atoms with E-state index in [-0.39, 0.29) is 5.56 Å². The van der Waals surface area contributed by atoms with Gasteiger partial charge < -0.3 is 14.1 Å². The summed E-state index contributed by atoms with van der Waals surface area (Å²) in [6, 6.07) is 16.0. The minimum atomic E-state index is -0.678. The molecule has 1 aromatic heterocycles. The topological polar surface area (TPSA) is 59.8 Å². The first-order valence-electron chi connectivity index (χ1n) is 7.64. The van der Waals surface area contributed by atoms with E-state index >= 15 is 0 Å². The van der Waals surface area contributed by atoms with E-state index in [0.717, 1.165) is 0 Å². The Morgan fingerprint density at radius 1 is 1.12 bits per heavy atom. The van der Waals surface area contributed by atoms with Crippen molar-refractivity contribution < 1.29 is 13.9 Å². The molecule has 0 fully saturated rings. The number of carbonyl (C=O) groups is 1. The average Bonchev–Trinajstić information content (AvgIpc) is 2.61. The van der Waals surface area contributed by atoms with Crippen LogP contribution < -0.4 is 15.3 Å². The van der Waals surface area contributed by atoms with Gasteiger partial charge in [0, 0.05) is 18.1 Å². The van der Waals surface area contributed by atoms with Gasteiger partial charge in [-0.25, -0.2) is 4.79 Å². The maximum atomic E-state index is 12.7. The van der Waals surface area contributed by atoms with E-state index in [1.54, 1.807) is 43.4 Å². The molecule has 3 aromatic rings. The summed E-state index contributed by atoms with van der Waals surface area (Å²) in [5.41, 5.74) is 0.360. The van der Waals surface area contributed by atoms with Crippen LogP contribution in [0.5, 0.6) is 5.75 Å². The fraction of sp³-hybridized carbons (Fsp3) is 0.158. The van der Waals surface area contributed by atoms with Gasteiger partial charge in [-0.3, -0.25) is 4.79 Å². The Balaban J connectivity index is 2.05. The van der Waals surface area contributed by atoms with E-state index in [0.29, 0.717) is 29.0 Å². The molecule has 1 heterocycles. The lowest BCUT2D eigenvalue weighted by molar-refractivity contribution is 0.0989. The van der Waals surface area contributed by atoms with E-state index < -0.39 is 11.5 Å². The van der Waals surface area contributed by atoms with Crippen molar-refractivity contribution >= 4 is 22.6 Å². The predicted molar refractivity (Wildman–Crippen MR) is 92.8 cm³/mol. The van der Waals surface area contributed by atoms with Crippen LogP contribution in [0.2, 0.25) is 0 Å². The number of carbonyl (C=O) groups excluding carboxylic acids is 1. The molecule has 0 atom stereocenters. The zero-order valence-electron chi connectivity index (χ0n) is 13.5. The summed E-state index contributed by atoms with van der Waals surface area (Å²) in [5.74, 6) is 0.0705. The Morgan fingerprint density at radius 2 is 1.88 bits per heavy atom. The molecular formula is C19H17NO4. The largest absolute Gasteiger partial charge is 0.490 e. The molecule has 0 aliphatic rings. The number of hydrogen-bond donors (Lipinski definition) is 0.